The molecule has 104 valence electrons. The van der Waals surface area contributed by atoms with Gasteiger partial charge in [-0.2, -0.15) is 0 Å². The summed E-state index contributed by atoms with van der Waals surface area (Å²) in [5.41, 5.74) is 0.680. The second kappa shape index (κ2) is 7.06. The number of esters is 1. The van der Waals surface area contributed by atoms with Crippen LogP contribution in [0.15, 0.2) is 30.3 Å². The standard InChI is InChI=1S/C15H20BrNO2/c16-10-4-7-14(18)19-15(8-11-17-12-9-15)13-5-2-1-3-6-13/h1-3,5-6,17H,4,7-12H2. The number of hydrogen-bond acceptors (Lipinski definition) is 3. The predicted octanol–water partition coefficient (Wildman–Crippen LogP) is 2.98. The lowest BCUT2D eigenvalue weighted by molar-refractivity contribution is -0.164. The molecule has 0 aromatic heterocycles. The van der Waals surface area contributed by atoms with Gasteiger partial charge in [0.2, 0.25) is 0 Å². The van der Waals surface area contributed by atoms with E-state index in [0.717, 1.165) is 43.2 Å². The highest BCUT2D eigenvalue weighted by molar-refractivity contribution is 9.09. The van der Waals surface area contributed by atoms with Crippen molar-refractivity contribution in [3.63, 3.8) is 0 Å². The Morgan fingerprint density at radius 2 is 1.95 bits per heavy atom. The van der Waals surface area contributed by atoms with E-state index in [-0.39, 0.29) is 5.97 Å². The molecule has 0 aliphatic carbocycles. The zero-order valence-electron chi connectivity index (χ0n) is 11.0. The summed E-state index contributed by atoms with van der Waals surface area (Å²) in [7, 11) is 0. The van der Waals surface area contributed by atoms with E-state index in [9.17, 15) is 4.79 Å². The summed E-state index contributed by atoms with van der Waals surface area (Å²) in [4.78, 5) is 12.0. The zero-order valence-corrected chi connectivity index (χ0v) is 12.6. The first-order valence-electron chi connectivity index (χ1n) is 6.81. The molecule has 0 amide bonds. The van der Waals surface area contributed by atoms with E-state index in [1.54, 1.807) is 0 Å². The van der Waals surface area contributed by atoms with Crippen LogP contribution in [0.3, 0.4) is 0 Å². The van der Waals surface area contributed by atoms with Gasteiger partial charge in [-0.1, -0.05) is 46.3 Å². The highest BCUT2D eigenvalue weighted by Gasteiger charge is 2.37. The van der Waals surface area contributed by atoms with Crippen LogP contribution in [0.1, 0.15) is 31.2 Å². The highest BCUT2D eigenvalue weighted by Crippen LogP contribution is 2.35. The van der Waals surface area contributed by atoms with Gasteiger partial charge in [0.25, 0.3) is 0 Å². The molecule has 1 N–H and O–H groups in total. The Morgan fingerprint density at radius 3 is 2.58 bits per heavy atom. The average Bonchev–Trinajstić information content (AvgIpc) is 2.47. The Hall–Kier alpha value is -0.870. The number of carbonyl (C=O) groups is 1. The van der Waals surface area contributed by atoms with E-state index in [1.807, 2.05) is 18.2 Å². The molecule has 19 heavy (non-hydrogen) atoms. The topological polar surface area (TPSA) is 38.3 Å². The first-order valence-corrected chi connectivity index (χ1v) is 7.93. The van der Waals surface area contributed by atoms with Crippen molar-refractivity contribution in [3.05, 3.63) is 35.9 Å². The molecule has 0 radical (unpaired) electrons. The molecule has 1 aliphatic heterocycles. The van der Waals surface area contributed by atoms with Gasteiger partial charge in [-0.05, 0) is 25.1 Å². The number of ether oxygens (including phenoxy) is 1. The van der Waals surface area contributed by atoms with Crippen molar-refractivity contribution in [2.45, 2.75) is 31.3 Å². The van der Waals surface area contributed by atoms with E-state index in [0.29, 0.717) is 6.42 Å². The maximum Gasteiger partial charge on any atom is 0.306 e. The number of benzene rings is 1. The second-order valence-corrected chi connectivity index (χ2v) is 5.67. The number of halogens is 1. The molecule has 1 aliphatic rings. The van der Waals surface area contributed by atoms with Crippen LogP contribution in [0.5, 0.6) is 0 Å². The lowest BCUT2D eigenvalue weighted by atomic mass is 9.84. The fourth-order valence-electron chi connectivity index (χ4n) is 2.50. The SMILES string of the molecule is O=C(CCCBr)OC1(c2ccccc2)CCNCC1. The smallest absolute Gasteiger partial charge is 0.306 e. The molecule has 4 heteroatoms. The van der Waals surface area contributed by atoms with E-state index in [1.165, 1.54) is 0 Å². The van der Waals surface area contributed by atoms with Crippen molar-refractivity contribution in [3.8, 4) is 0 Å². The third-order valence-corrected chi connectivity index (χ3v) is 4.10. The van der Waals surface area contributed by atoms with Crippen LogP contribution in [0.25, 0.3) is 0 Å². The Balaban J connectivity index is 2.13. The quantitative estimate of drug-likeness (QED) is 0.668. The Kier molecular flexibility index (Phi) is 5.40. The van der Waals surface area contributed by atoms with Crippen LogP contribution >= 0.6 is 15.9 Å². The molecule has 1 aromatic carbocycles. The van der Waals surface area contributed by atoms with Crippen molar-refractivity contribution in [1.29, 1.82) is 0 Å². The summed E-state index contributed by atoms with van der Waals surface area (Å²) in [5.74, 6) is -0.0924. The number of carbonyl (C=O) groups excluding carboxylic acids is 1. The normalized spacial score (nSPS) is 17.9. The lowest BCUT2D eigenvalue weighted by Crippen LogP contribution is -2.43. The van der Waals surface area contributed by atoms with Crippen LogP contribution < -0.4 is 5.32 Å². The summed E-state index contributed by atoms with van der Waals surface area (Å²) in [6.45, 7) is 1.78. The zero-order chi connectivity index (χ0) is 13.6. The summed E-state index contributed by atoms with van der Waals surface area (Å²) in [6, 6.07) is 10.1. The maximum atomic E-state index is 12.0. The molecule has 3 nitrogen and oxygen atoms in total. The van der Waals surface area contributed by atoms with E-state index in [4.69, 9.17) is 4.74 Å². The van der Waals surface area contributed by atoms with E-state index in [2.05, 4.69) is 33.4 Å². The number of nitrogens with one attached hydrogen (secondary N) is 1. The molecule has 0 unspecified atom stereocenters. The van der Waals surface area contributed by atoms with Crippen LogP contribution in [0, 0.1) is 0 Å². The molecule has 0 bridgehead atoms. The van der Waals surface area contributed by atoms with Crippen molar-refractivity contribution in [1.82, 2.24) is 5.32 Å². The summed E-state index contributed by atoms with van der Waals surface area (Å²) < 4.78 is 5.87. The summed E-state index contributed by atoms with van der Waals surface area (Å²) in [6.07, 6.45) is 2.99. The van der Waals surface area contributed by atoms with Crippen molar-refractivity contribution in [2.24, 2.45) is 0 Å². The molecule has 0 atom stereocenters. The van der Waals surface area contributed by atoms with Crippen LogP contribution in [-0.4, -0.2) is 24.4 Å². The minimum atomic E-state index is -0.435. The number of rotatable bonds is 5. The van der Waals surface area contributed by atoms with Gasteiger partial charge in [0.05, 0.1) is 0 Å². The van der Waals surface area contributed by atoms with Crippen LogP contribution in [-0.2, 0) is 15.1 Å². The Labute approximate surface area is 122 Å². The minimum absolute atomic E-state index is 0.0924. The van der Waals surface area contributed by atoms with E-state index >= 15 is 0 Å². The van der Waals surface area contributed by atoms with Crippen molar-refractivity contribution < 1.29 is 9.53 Å². The Morgan fingerprint density at radius 1 is 1.26 bits per heavy atom. The van der Waals surface area contributed by atoms with Gasteiger partial charge in [-0.15, -0.1) is 0 Å². The first kappa shape index (κ1) is 14.5. The molecular formula is C15H20BrNO2. The van der Waals surface area contributed by atoms with Crippen molar-refractivity contribution >= 4 is 21.9 Å². The minimum Gasteiger partial charge on any atom is -0.454 e. The maximum absolute atomic E-state index is 12.0. The lowest BCUT2D eigenvalue weighted by Gasteiger charge is -2.37. The van der Waals surface area contributed by atoms with Gasteiger partial charge in [-0.3, -0.25) is 4.79 Å². The molecule has 1 aromatic rings. The van der Waals surface area contributed by atoms with Crippen LogP contribution in [0.4, 0.5) is 0 Å². The van der Waals surface area contributed by atoms with E-state index < -0.39 is 5.60 Å². The Bertz CT molecular complexity index is 402. The van der Waals surface area contributed by atoms with Gasteiger partial charge < -0.3 is 10.1 Å². The number of hydrogen-bond donors (Lipinski definition) is 1. The molecule has 0 spiro atoms. The molecule has 0 saturated carbocycles. The largest absolute Gasteiger partial charge is 0.454 e. The molecule has 2 rings (SSSR count). The second-order valence-electron chi connectivity index (χ2n) is 4.88. The first-order chi connectivity index (χ1) is 9.27. The fourth-order valence-corrected chi connectivity index (χ4v) is 2.78. The fraction of sp³-hybridized carbons (Fsp3) is 0.533. The highest BCUT2D eigenvalue weighted by atomic mass is 79.9. The predicted molar refractivity (Wildman–Crippen MR) is 79.3 cm³/mol. The summed E-state index contributed by atoms with van der Waals surface area (Å²) >= 11 is 3.34. The van der Waals surface area contributed by atoms with Gasteiger partial charge in [0.15, 0.2) is 0 Å². The van der Waals surface area contributed by atoms with Gasteiger partial charge >= 0.3 is 5.97 Å². The monoisotopic (exact) mass is 325 g/mol. The molecule has 1 heterocycles. The van der Waals surface area contributed by atoms with Crippen LogP contribution in [0.2, 0.25) is 0 Å². The summed E-state index contributed by atoms with van der Waals surface area (Å²) in [5, 5.41) is 4.16. The molecule has 1 fully saturated rings. The number of piperidine rings is 1. The van der Waals surface area contributed by atoms with Crippen molar-refractivity contribution in [2.75, 3.05) is 18.4 Å². The molecular weight excluding hydrogens is 306 g/mol. The number of alkyl halides is 1. The van der Waals surface area contributed by atoms with Gasteiger partial charge in [0, 0.05) is 24.6 Å². The molecule has 1 saturated heterocycles. The third kappa shape index (κ3) is 3.80. The van der Waals surface area contributed by atoms with Gasteiger partial charge in [0.1, 0.15) is 5.60 Å². The van der Waals surface area contributed by atoms with Gasteiger partial charge in [-0.25, -0.2) is 0 Å². The third-order valence-electron chi connectivity index (χ3n) is 3.53. The average molecular weight is 326 g/mol.